The highest BCUT2D eigenvalue weighted by molar-refractivity contribution is 5.45. The Kier molecular flexibility index (Phi) is 3.35. The van der Waals surface area contributed by atoms with Gasteiger partial charge in [-0.25, -0.2) is 4.98 Å². The molecule has 3 heterocycles. The first-order valence-electron chi connectivity index (χ1n) is 8.91. The van der Waals surface area contributed by atoms with E-state index in [4.69, 9.17) is 9.72 Å². The van der Waals surface area contributed by atoms with E-state index in [2.05, 4.69) is 33.4 Å². The van der Waals surface area contributed by atoms with Gasteiger partial charge in [0.15, 0.2) is 0 Å². The van der Waals surface area contributed by atoms with Gasteiger partial charge in [-0.3, -0.25) is 9.69 Å². The van der Waals surface area contributed by atoms with Crippen LogP contribution in [0.2, 0.25) is 0 Å². The largest absolute Gasteiger partial charge is 0.478 e. The van der Waals surface area contributed by atoms with E-state index < -0.39 is 0 Å². The molecule has 0 bridgehead atoms. The number of rotatable bonds is 3. The number of nitrogens with zero attached hydrogens (tertiary/aromatic N) is 2. The average Bonchev–Trinajstić information content (AvgIpc) is 3.38. The molecule has 2 fully saturated rings. The molecule has 0 amide bonds. The highest BCUT2D eigenvalue weighted by Crippen LogP contribution is 2.44. The molecule has 2 aliphatic carbocycles. The lowest BCUT2D eigenvalue weighted by atomic mass is 9.90. The van der Waals surface area contributed by atoms with Crippen LogP contribution in [0.3, 0.4) is 0 Å². The van der Waals surface area contributed by atoms with Gasteiger partial charge >= 0.3 is 0 Å². The van der Waals surface area contributed by atoms with Gasteiger partial charge in [0.05, 0.1) is 12.5 Å². The van der Waals surface area contributed by atoms with E-state index in [9.17, 15) is 4.79 Å². The summed E-state index contributed by atoms with van der Waals surface area (Å²) >= 11 is 0. The van der Waals surface area contributed by atoms with Crippen LogP contribution in [0.4, 0.5) is 0 Å². The summed E-state index contributed by atoms with van der Waals surface area (Å²) in [5.41, 5.74) is 2.06. The Hall–Kier alpha value is -1.92. The minimum atomic E-state index is -0.144. The smallest absolute Gasteiger partial charge is 0.293 e. The van der Waals surface area contributed by atoms with Gasteiger partial charge in [-0.15, -0.1) is 0 Å². The summed E-state index contributed by atoms with van der Waals surface area (Å²) in [5, 5.41) is 3.34. The fourth-order valence-electron chi connectivity index (χ4n) is 3.88. The number of allylic oxidation sites excluding steroid dienone is 2. The first-order chi connectivity index (χ1) is 11.8. The maximum absolute atomic E-state index is 12.4. The third kappa shape index (κ3) is 2.50. The molecule has 0 spiro atoms. The van der Waals surface area contributed by atoms with Gasteiger partial charge in [-0.1, -0.05) is 12.2 Å². The number of aromatic nitrogens is 2. The highest BCUT2D eigenvalue weighted by Gasteiger charge is 2.39. The normalized spacial score (nSPS) is 28.9. The summed E-state index contributed by atoms with van der Waals surface area (Å²) in [6.07, 6.45) is 9.01. The van der Waals surface area contributed by atoms with Crippen LogP contribution in [0.1, 0.15) is 30.3 Å². The molecule has 6 heteroatoms. The van der Waals surface area contributed by atoms with E-state index >= 15 is 0 Å². The van der Waals surface area contributed by atoms with Crippen LogP contribution in [0.15, 0.2) is 28.6 Å². The third-order valence-electron chi connectivity index (χ3n) is 5.36. The Bertz CT molecular complexity index is 772. The summed E-state index contributed by atoms with van der Waals surface area (Å²) in [6.45, 7) is 4.63. The Morgan fingerprint density at radius 3 is 2.92 bits per heavy atom. The van der Waals surface area contributed by atoms with E-state index in [1.807, 2.05) is 0 Å². The van der Waals surface area contributed by atoms with Gasteiger partial charge in [-0.2, -0.15) is 0 Å². The first kappa shape index (κ1) is 14.4. The fraction of sp³-hybridized carbons (Fsp3) is 0.556. The van der Waals surface area contributed by atoms with E-state index in [1.54, 1.807) is 0 Å². The van der Waals surface area contributed by atoms with Crippen LogP contribution >= 0.6 is 0 Å². The molecule has 24 heavy (non-hydrogen) atoms. The molecular weight excluding hydrogens is 304 g/mol. The number of ether oxygens (including phenoxy) is 1. The van der Waals surface area contributed by atoms with Crippen molar-refractivity contribution in [3.05, 3.63) is 45.7 Å². The number of hydrogen-bond donors (Lipinski definition) is 2. The van der Waals surface area contributed by atoms with Crippen molar-refractivity contribution >= 4 is 0 Å². The Morgan fingerprint density at radius 1 is 1.29 bits per heavy atom. The minimum Gasteiger partial charge on any atom is -0.478 e. The van der Waals surface area contributed by atoms with Crippen molar-refractivity contribution < 1.29 is 4.74 Å². The second-order valence-electron chi connectivity index (χ2n) is 7.16. The molecule has 2 aliphatic heterocycles. The minimum absolute atomic E-state index is 0.0782. The first-order valence-corrected chi connectivity index (χ1v) is 8.91. The summed E-state index contributed by atoms with van der Waals surface area (Å²) in [5.74, 6) is 1.95. The molecule has 1 saturated heterocycles. The van der Waals surface area contributed by atoms with Gasteiger partial charge in [0.25, 0.3) is 5.56 Å². The zero-order chi connectivity index (χ0) is 16.1. The number of piperazine rings is 1. The van der Waals surface area contributed by atoms with Gasteiger partial charge in [-0.05, 0) is 30.4 Å². The molecule has 0 aromatic carbocycles. The second-order valence-corrected chi connectivity index (χ2v) is 7.16. The van der Waals surface area contributed by atoms with E-state index in [-0.39, 0.29) is 17.6 Å². The van der Waals surface area contributed by atoms with E-state index in [1.165, 1.54) is 18.4 Å². The van der Waals surface area contributed by atoms with Gasteiger partial charge < -0.3 is 15.0 Å². The Balaban J connectivity index is 1.45. The van der Waals surface area contributed by atoms with Crippen molar-refractivity contribution in [3.63, 3.8) is 0 Å². The molecule has 1 aromatic heterocycles. The number of fused-ring (bicyclic) bond motifs is 3. The molecule has 4 aliphatic rings. The van der Waals surface area contributed by atoms with Crippen LogP contribution in [0.5, 0.6) is 5.75 Å². The molecular formula is C18H22N4O2. The topological polar surface area (TPSA) is 70.2 Å². The SMILES string of the molecule is O=c1[nH]c(CN2CCNCC2)nc2c1OC1C=CC(C3CC3)=CC21. The molecule has 2 unspecified atom stereocenters. The summed E-state index contributed by atoms with van der Waals surface area (Å²) in [7, 11) is 0. The zero-order valence-electron chi connectivity index (χ0n) is 13.6. The number of H-pyrrole nitrogens is 1. The van der Waals surface area contributed by atoms with Crippen LogP contribution in [-0.2, 0) is 6.54 Å². The van der Waals surface area contributed by atoms with Gasteiger partial charge in [0.2, 0.25) is 5.75 Å². The van der Waals surface area contributed by atoms with Gasteiger partial charge in [0.1, 0.15) is 17.6 Å². The maximum atomic E-state index is 12.4. The van der Waals surface area contributed by atoms with Gasteiger partial charge in [0, 0.05) is 26.2 Å². The lowest BCUT2D eigenvalue weighted by Gasteiger charge is -2.26. The Labute approximate surface area is 140 Å². The molecule has 126 valence electrons. The predicted molar refractivity (Wildman–Crippen MR) is 90.1 cm³/mol. The molecule has 0 radical (unpaired) electrons. The summed E-state index contributed by atoms with van der Waals surface area (Å²) in [6, 6.07) is 0. The van der Waals surface area contributed by atoms with E-state index in [0.29, 0.717) is 18.2 Å². The summed E-state index contributed by atoms with van der Waals surface area (Å²) in [4.78, 5) is 22.5. The maximum Gasteiger partial charge on any atom is 0.293 e. The zero-order valence-corrected chi connectivity index (χ0v) is 13.6. The molecule has 2 N–H and O–H groups in total. The van der Waals surface area contributed by atoms with Crippen molar-refractivity contribution in [2.45, 2.75) is 31.4 Å². The van der Waals surface area contributed by atoms with Crippen molar-refractivity contribution in [1.82, 2.24) is 20.2 Å². The van der Waals surface area contributed by atoms with Crippen molar-refractivity contribution in [2.24, 2.45) is 5.92 Å². The number of nitrogens with one attached hydrogen (secondary N) is 2. The van der Waals surface area contributed by atoms with E-state index in [0.717, 1.165) is 37.7 Å². The molecule has 1 saturated carbocycles. The van der Waals surface area contributed by atoms with Crippen LogP contribution in [0, 0.1) is 5.92 Å². The Morgan fingerprint density at radius 2 is 2.12 bits per heavy atom. The number of aromatic amines is 1. The quantitative estimate of drug-likeness (QED) is 0.865. The van der Waals surface area contributed by atoms with Crippen molar-refractivity contribution in [2.75, 3.05) is 26.2 Å². The number of hydrogen-bond acceptors (Lipinski definition) is 5. The second kappa shape index (κ2) is 5.57. The standard InChI is InChI=1S/C18H22N4O2/c23-18-17-16(20-15(21-18)10-22-7-5-19-6-8-22)13-9-12(11-1-2-11)3-4-14(13)24-17/h3-4,9,11,13-14,19H,1-2,5-8,10H2,(H,20,21,23). The lowest BCUT2D eigenvalue weighted by Crippen LogP contribution is -2.43. The predicted octanol–water partition coefficient (Wildman–Crippen LogP) is 0.926. The monoisotopic (exact) mass is 326 g/mol. The molecule has 5 rings (SSSR count). The van der Waals surface area contributed by atoms with Crippen LogP contribution in [-0.4, -0.2) is 47.2 Å². The average molecular weight is 326 g/mol. The van der Waals surface area contributed by atoms with Crippen molar-refractivity contribution in [3.8, 4) is 5.75 Å². The highest BCUT2D eigenvalue weighted by atomic mass is 16.5. The molecule has 2 atom stereocenters. The van der Waals surface area contributed by atoms with Crippen LogP contribution in [0.25, 0.3) is 0 Å². The van der Waals surface area contributed by atoms with Crippen LogP contribution < -0.4 is 15.6 Å². The third-order valence-corrected chi connectivity index (χ3v) is 5.36. The van der Waals surface area contributed by atoms with Crippen molar-refractivity contribution in [1.29, 1.82) is 0 Å². The fourth-order valence-corrected chi connectivity index (χ4v) is 3.88. The molecule has 1 aromatic rings. The lowest BCUT2D eigenvalue weighted by molar-refractivity contribution is 0.227. The molecule has 6 nitrogen and oxygen atoms in total. The summed E-state index contributed by atoms with van der Waals surface area (Å²) < 4.78 is 5.87.